The molecular weight excluding hydrogens is 519 g/mol. The summed E-state index contributed by atoms with van der Waals surface area (Å²) in [6.45, 7) is 1.46. The Morgan fingerprint density at radius 1 is 1.00 bits per heavy atom. The van der Waals surface area contributed by atoms with E-state index in [-0.39, 0.29) is 35.8 Å². The molecular formula is C20H21N4O12P. The summed E-state index contributed by atoms with van der Waals surface area (Å²) in [5, 5.41) is 33.2. The summed E-state index contributed by atoms with van der Waals surface area (Å²) in [4.78, 5) is 55.6. The average molecular weight is 540 g/mol. The second kappa shape index (κ2) is 11.7. The number of carbonyl (C=O) groups is 2. The lowest BCUT2D eigenvalue weighted by molar-refractivity contribution is -0.385. The first-order valence-corrected chi connectivity index (χ1v) is 12.2. The third-order valence-electron chi connectivity index (χ3n) is 5.10. The van der Waals surface area contributed by atoms with Crippen LogP contribution >= 0.6 is 7.75 Å². The van der Waals surface area contributed by atoms with Crippen LogP contribution in [0.4, 0.5) is 11.4 Å². The van der Waals surface area contributed by atoms with Gasteiger partial charge in [0.25, 0.3) is 11.4 Å². The molecule has 1 aliphatic rings. The Morgan fingerprint density at radius 2 is 1.46 bits per heavy atom. The molecule has 0 aromatic heterocycles. The van der Waals surface area contributed by atoms with E-state index in [4.69, 9.17) is 19.1 Å². The molecule has 1 heterocycles. The number of nitrogens with one attached hydrogen (secondary N) is 1. The van der Waals surface area contributed by atoms with Gasteiger partial charge in [-0.3, -0.25) is 25.0 Å². The van der Waals surface area contributed by atoms with Crippen molar-refractivity contribution in [2.45, 2.75) is 31.8 Å². The molecule has 1 fully saturated rings. The second-order valence-electron chi connectivity index (χ2n) is 7.69. The van der Waals surface area contributed by atoms with Gasteiger partial charge in [0.1, 0.15) is 6.04 Å². The van der Waals surface area contributed by atoms with Crippen molar-refractivity contribution in [2.75, 3.05) is 6.54 Å². The van der Waals surface area contributed by atoms with Crippen LogP contribution < -0.4 is 14.9 Å². The summed E-state index contributed by atoms with van der Waals surface area (Å²) in [6.07, 6.45) is 0.720. The van der Waals surface area contributed by atoms with Crippen LogP contribution in [0.25, 0.3) is 0 Å². The van der Waals surface area contributed by atoms with E-state index in [0.717, 1.165) is 53.4 Å². The number of nitro groups is 2. The highest BCUT2D eigenvalue weighted by atomic mass is 31.2. The molecule has 1 saturated heterocycles. The van der Waals surface area contributed by atoms with Crippen molar-refractivity contribution in [2.24, 2.45) is 0 Å². The Morgan fingerprint density at radius 3 is 1.86 bits per heavy atom. The van der Waals surface area contributed by atoms with Crippen molar-refractivity contribution in [3.8, 4) is 11.5 Å². The van der Waals surface area contributed by atoms with E-state index in [0.29, 0.717) is 6.42 Å². The molecule has 0 saturated carbocycles. The summed E-state index contributed by atoms with van der Waals surface area (Å²) in [6, 6.07) is 6.62. The van der Waals surface area contributed by atoms with Gasteiger partial charge in [-0.2, -0.15) is 0 Å². The first-order valence-electron chi connectivity index (χ1n) is 10.6. The molecule has 198 valence electrons. The number of non-ortho nitro benzene ring substituents is 2. The minimum Gasteiger partial charge on any atom is -0.480 e. The van der Waals surface area contributed by atoms with E-state index < -0.39 is 41.6 Å². The van der Waals surface area contributed by atoms with E-state index in [1.54, 1.807) is 0 Å². The third kappa shape index (κ3) is 7.20. The fraction of sp³-hybridized carbons (Fsp3) is 0.300. The van der Waals surface area contributed by atoms with Crippen LogP contribution in [0.3, 0.4) is 0 Å². The number of carboxylic acid groups (broad SMARTS) is 1. The number of hydrogen-bond donors (Lipinski definition) is 2. The summed E-state index contributed by atoms with van der Waals surface area (Å²) in [5.41, 5.74) is -0.492. The van der Waals surface area contributed by atoms with Crippen LogP contribution in [0.5, 0.6) is 11.5 Å². The maximum absolute atomic E-state index is 13.3. The molecule has 0 bridgehead atoms. The first kappa shape index (κ1) is 27.5. The molecule has 37 heavy (non-hydrogen) atoms. The Labute approximate surface area is 208 Å². The largest absolute Gasteiger partial charge is 0.480 e. The maximum Gasteiger partial charge on any atom is 0.478 e. The average Bonchev–Trinajstić information content (AvgIpc) is 3.37. The molecule has 2 atom stereocenters. The smallest absolute Gasteiger partial charge is 0.478 e. The zero-order chi connectivity index (χ0) is 27.2. The summed E-state index contributed by atoms with van der Waals surface area (Å²) in [5.74, 6) is -2.12. The van der Waals surface area contributed by atoms with Crippen molar-refractivity contribution in [1.82, 2.24) is 9.99 Å². The van der Waals surface area contributed by atoms with Gasteiger partial charge >= 0.3 is 13.7 Å². The highest BCUT2D eigenvalue weighted by molar-refractivity contribution is 7.51. The highest BCUT2D eigenvalue weighted by Crippen LogP contribution is 2.45. The molecule has 3 rings (SSSR count). The molecule has 0 unspecified atom stereocenters. The van der Waals surface area contributed by atoms with Gasteiger partial charge in [-0.25, -0.2) is 14.4 Å². The lowest BCUT2D eigenvalue weighted by atomic mass is 10.2. The van der Waals surface area contributed by atoms with Gasteiger partial charge in [0.2, 0.25) is 5.91 Å². The van der Waals surface area contributed by atoms with E-state index in [2.05, 4.69) is 5.09 Å². The number of benzene rings is 2. The number of hydrogen-bond acceptors (Lipinski definition) is 11. The highest BCUT2D eigenvalue weighted by Gasteiger charge is 2.40. The van der Waals surface area contributed by atoms with E-state index in [1.165, 1.54) is 6.92 Å². The van der Waals surface area contributed by atoms with Crippen molar-refractivity contribution in [1.29, 1.82) is 0 Å². The third-order valence-corrected chi connectivity index (χ3v) is 6.35. The SMILES string of the molecule is C[C@H](NP(=O)(OOc1ccc([N+](=O)[O-])cc1)OOc1ccc([N+](=O)[O-])cc1)C(=O)N1CCC[C@H]1C(=O)O. The second-order valence-corrected chi connectivity index (χ2v) is 9.25. The van der Waals surface area contributed by atoms with Crippen molar-refractivity contribution >= 4 is 31.0 Å². The van der Waals surface area contributed by atoms with E-state index in [1.807, 2.05) is 0 Å². The number of nitrogens with zero attached hydrogens (tertiary/aromatic N) is 3. The number of nitro benzene ring substituents is 2. The zero-order valence-electron chi connectivity index (χ0n) is 19.1. The Kier molecular flexibility index (Phi) is 8.73. The molecule has 0 aliphatic carbocycles. The van der Waals surface area contributed by atoms with Crippen LogP contribution in [-0.4, -0.2) is 50.4 Å². The lowest BCUT2D eigenvalue weighted by Gasteiger charge is -2.26. The quantitative estimate of drug-likeness (QED) is 0.172. The molecule has 2 aromatic carbocycles. The zero-order valence-corrected chi connectivity index (χ0v) is 20.0. The van der Waals surface area contributed by atoms with Crippen LogP contribution in [0.15, 0.2) is 48.5 Å². The van der Waals surface area contributed by atoms with Crippen LogP contribution in [-0.2, 0) is 23.5 Å². The fourth-order valence-electron chi connectivity index (χ4n) is 3.31. The van der Waals surface area contributed by atoms with Gasteiger partial charge in [-0.1, -0.05) is 9.35 Å². The molecule has 0 radical (unpaired) electrons. The molecule has 1 aliphatic heterocycles. The van der Waals surface area contributed by atoms with E-state index in [9.17, 15) is 39.5 Å². The molecule has 1 amide bonds. The lowest BCUT2D eigenvalue weighted by Crippen LogP contribution is -2.48. The normalized spacial score (nSPS) is 16.1. The predicted octanol–water partition coefficient (Wildman–Crippen LogP) is 2.99. The minimum absolute atomic E-state index is 0.115. The Hall–Kier alpha value is -4.11. The van der Waals surface area contributed by atoms with Gasteiger partial charge in [-0.05, 0) is 44.0 Å². The maximum atomic E-state index is 13.3. The summed E-state index contributed by atoms with van der Waals surface area (Å²) >= 11 is 0. The summed E-state index contributed by atoms with van der Waals surface area (Å²) in [7, 11) is -4.66. The Balaban J connectivity index is 1.74. The standard InChI is InChI=1S/C20H21N4O12P/c1-13(19(25)22-12-2-3-18(22)20(26)27)21-37(32,35-33-16-8-4-14(5-9-16)23(28)29)36-34-17-10-6-15(7-11-17)24(30)31/h4-11,13,18H,2-3,12H2,1H3,(H,21,32)(H,26,27)/t13-,18-/m0/s1. The molecule has 0 spiro atoms. The van der Waals surface area contributed by atoms with Crippen molar-refractivity contribution in [3.63, 3.8) is 0 Å². The Bertz CT molecular complexity index is 1140. The molecule has 16 nitrogen and oxygen atoms in total. The molecule has 2 aromatic rings. The van der Waals surface area contributed by atoms with Crippen LogP contribution in [0.1, 0.15) is 19.8 Å². The number of carboxylic acids is 1. The van der Waals surface area contributed by atoms with Crippen molar-refractivity contribution in [3.05, 3.63) is 68.8 Å². The predicted molar refractivity (Wildman–Crippen MR) is 122 cm³/mol. The number of amides is 1. The number of likely N-dealkylation sites (tertiary alicyclic amines) is 1. The summed E-state index contributed by atoms with van der Waals surface area (Å²) < 4.78 is 23.1. The van der Waals surface area contributed by atoms with Gasteiger partial charge in [0, 0.05) is 30.8 Å². The monoisotopic (exact) mass is 540 g/mol. The minimum atomic E-state index is -4.66. The topological polar surface area (TPSA) is 210 Å². The van der Waals surface area contributed by atoms with E-state index >= 15 is 0 Å². The first-order chi connectivity index (χ1) is 17.5. The molecule has 2 N–H and O–H groups in total. The van der Waals surface area contributed by atoms with Crippen LogP contribution in [0.2, 0.25) is 0 Å². The number of rotatable bonds is 12. The van der Waals surface area contributed by atoms with Gasteiger partial charge in [0.15, 0.2) is 11.5 Å². The fourth-order valence-corrected chi connectivity index (χ4v) is 4.38. The van der Waals surface area contributed by atoms with Gasteiger partial charge < -0.3 is 19.8 Å². The number of aliphatic carboxylic acids is 1. The van der Waals surface area contributed by atoms with Crippen molar-refractivity contribution < 1.29 is 48.2 Å². The van der Waals surface area contributed by atoms with Gasteiger partial charge in [-0.15, -0.1) is 0 Å². The number of carbonyl (C=O) groups excluding carboxylic acids is 1. The van der Waals surface area contributed by atoms with Crippen LogP contribution in [0, 0.1) is 20.2 Å². The van der Waals surface area contributed by atoms with Gasteiger partial charge in [0.05, 0.1) is 15.9 Å². The molecule has 17 heteroatoms.